The number of sulfonamides is 2. The maximum absolute atomic E-state index is 14.2. The van der Waals surface area contributed by atoms with Crippen LogP contribution in [0.25, 0.3) is 6.08 Å². The van der Waals surface area contributed by atoms with Crippen molar-refractivity contribution in [3.05, 3.63) is 145 Å². The van der Waals surface area contributed by atoms with Gasteiger partial charge in [0.2, 0.25) is 20.0 Å². The molecule has 0 spiro atoms. The fourth-order valence-electron chi connectivity index (χ4n) is 5.11. The molecule has 4 aromatic rings. The molecule has 0 unspecified atom stereocenters. The van der Waals surface area contributed by atoms with Crippen LogP contribution >= 0.6 is 15.9 Å². The predicted octanol–water partition coefficient (Wildman–Crippen LogP) is 5.78. The van der Waals surface area contributed by atoms with Crippen molar-refractivity contribution in [2.75, 3.05) is 13.1 Å². The molecular weight excluding hydrogens is 688 g/mol. The van der Waals surface area contributed by atoms with E-state index in [0.717, 1.165) is 58.6 Å². The molecule has 1 saturated heterocycles. The van der Waals surface area contributed by atoms with E-state index in [9.17, 15) is 37.1 Å². The third-order valence-corrected chi connectivity index (χ3v) is 11.6. The lowest BCUT2D eigenvalue weighted by molar-refractivity contribution is -0.385. The maximum atomic E-state index is 14.2. The lowest BCUT2D eigenvalue weighted by Crippen LogP contribution is -2.57. The van der Waals surface area contributed by atoms with Crippen LogP contribution in [0.5, 0.6) is 0 Å². The number of nitro groups is 2. The Labute approximate surface area is 267 Å². The minimum absolute atomic E-state index is 0.187. The Morgan fingerprint density at radius 2 is 1.13 bits per heavy atom. The molecule has 4 aromatic carbocycles. The number of halogens is 1. The summed E-state index contributed by atoms with van der Waals surface area (Å²) in [6.07, 6.45) is 3.33. The van der Waals surface area contributed by atoms with Gasteiger partial charge in [-0.1, -0.05) is 70.5 Å². The van der Waals surface area contributed by atoms with Crippen molar-refractivity contribution >= 4 is 53.4 Å². The smallest absolute Gasteiger partial charge is 0.258 e. The van der Waals surface area contributed by atoms with Gasteiger partial charge in [-0.25, -0.2) is 16.8 Å². The number of rotatable bonds is 9. The predicted molar refractivity (Wildman–Crippen MR) is 170 cm³/mol. The minimum Gasteiger partial charge on any atom is -0.258 e. The third kappa shape index (κ3) is 6.72. The first kappa shape index (κ1) is 32.1. The fraction of sp³-hybridized carbons (Fsp3) is 0.133. The van der Waals surface area contributed by atoms with Crippen molar-refractivity contribution in [1.82, 2.24) is 8.61 Å². The molecule has 5 rings (SSSR count). The standard InChI is InChI=1S/C30H25BrN4O8S2/c31-24-9-7-23(8-10-24)30-29(19-6-22-4-2-1-3-5-22)32(44(40,41)27-15-11-25(12-16-27)34(36)37)20-21-33(30)45(42,43)28-17-13-26(14-18-28)35(38)39/h1-19,29-30H,20-21H2/b19-6+/t29-,30-/m0/s1. The summed E-state index contributed by atoms with van der Waals surface area (Å²) >= 11 is 3.39. The minimum atomic E-state index is -4.31. The van der Waals surface area contributed by atoms with E-state index in [1.54, 1.807) is 36.4 Å². The highest BCUT2D eigenvalue weighted by molar-refractivity contribution is 9.10. The van der Waals surface area contributed by atoms with Crippen LogP contribution in [0.1, 0.15) is 17.2 Å². The highest BCUT2D eigenvalue weighted by Crippen LogP contribution is 2.39. The molecule has 0 bridgehead atoms. The van der Waals surface area contributed by atoms with Gasteiger partial charge >= 0.3 is 0 Å². The number of benzene rings is 4. The van der Waals surface area contributed by atoms with Gasteiger partial charge in [0.25, 0.3) is 11.4 Å². The molecule has 1 aliphatic rings. The molecule has 0 aromatic heterocycles. The van der Waals surface area contributed by atoms with E-state index >= 15 is 0 Å². The zero-order chi connectivity index (χ0) is 32.4. The van der Waals surface area contributed by atoms with Gasteiger partial charge < -0.3 is 0 Å². The topological polar surface area (TPSA) is 161 Å². The van der Waals surface area contributed by atoms with Gasteiger partial charge in [-0.2, -0.15) is 8.61 Å². The van der Waals surface area contributed by atoms with Crippen molar-refractivity contribution in [2.24, 2.45) is 0 Å². The van der Waals surface area contributed by atoms with Crippen LogP contribution in [0, 0.1) is 20.2 Å². The monoisotopic (exact) mass is 712 g/mol. The molecule has 1 aliphatic heterocycles. The summed E-state index contributed by atoms with van der Waals surface area (Å²) in [4.78, 5) is 20.8. The quantitative estimate of drug-likeness (QED) is 0.156. The Morgan fingerprint density at radius 3 is 1.62 bits per heavy atom. The Morgan fingerprint density at radius 1 is 0.667 bits per heavy atom. The van der Waals surface area contributed by atoms with Crippen molar-refractivity contribution in [1.29, 1.82) is 0 Å². The number of non-ortho nitro benzene ring substituents is 2. The summed E-state index contributed by atoms with van der Waals surface area (Å²) in [6, 6.07) is 22.8. The molecule has 0 radical (unpaired) electrons. The van der Waals surface area contributed by atoms with Gasteiger partial charge in [0.05, 0.1) is 31.7 Å². The van der Waals surface area contributed by atoms with E-state index < -0.39 is 42.0 Å². The SMILES string of the molecule is O=[N+]([O-])c1ccc(S(=O)(=O)N2CCN(S(=O)(=O)c3ccc([N+](=O)[O-])cc3)[C@@H](c3ccc(Br)cc3)[C@@H]2/C=C/c2ccccc2)cc1. The summed E-state index contributed by atoms with van der Waals surface area (Å²) in [7, 11) is -8.61. The number of piperazine rings is 1. The van der Waals surface area contributed by atoms with E-state index in [2.05, 4.69) is 15.9 Å². The number of hydrogen-bond acceptors (Lipinski definition) is 8. The van der Waals surface area contributed by atoms with Crippen LogP contribution in [-0.2, 0) is 20.0 Å². The van der Waals surface area contributed by atoms with Crippen molar-refractivity contribution in [3.63, 3.8) is 0 Å². The van der Waals surface area contributed by atoms with Crippen LogP contribution in [0.15, 0.2) is 123 Å². The first-order valence-electron chi connectivity index (χ1n) is 13.4. The fourth-order valence-corrected chi connectivity index (χ4v) is 8.57. The molecule has 45 heavy (non-hydrogen) atoms. The van der Waals surface area contributed by atoms with Crippen LogP contribution in [0.2, 0.25) is 0 Å². The molecule has 0 aliphatic carbocycles. The van der Waals surface area contributed by atoms with E-state index in [0.29, 0.717) is 5.56 Å². The second-order valence-electron chi connectivity index (χ2n) is 9.99. The summed E-state index contributed by atoms with van der Waals surface area (Å²) < 4.78 is 59.7. The van der Waals surface area contributed by atoms with Crippen molar-refractivity contribution in [3.8, 4) is 0 Å². The van der Waals surface area contributed by atoms with E-state index in [1.165, 1.54) is 8.61 Å². The van der Waals surface area contributed by atoms with E-state index in [-0.39, 0.29) is 34.3 Å². The zero-order valence-electron chi connectivity index (χ0n) is 23.3. The summed E-state index contributed by atoms with van der Waals surface area (Å²) in [5, 5.41) is 22.4. The lowest BCUT2D eigenvalue weighted by atomic mass is 9.96. The van der Waals surface area contributed by atoms with Crippen LogP contribution < -0.4 is 0 Å². The third-order valence-electron chi connectivity index (χ3n) is 7.31. The van der Waals surface area contributed by atoms with Gasteiger partial charge in [-0.3, -0.25) is 20.2 Å². The molecule has 2 atom stereocenters. The van der Waals surface area contributed by atoms with Gasteiger partial charge in [-0.05, 0) is 47.5 Å². The summed E-state index contributed by atoms with van der Waals surface area (Å²) in [6.45, 7) is -0.496. The van der Waals surface area contributed by atoms with Gasteiger partial charge in [0.1, 0.15) is 0 Å². The van der Waals surface area contributed by atoms with Crippen LogP contribution in [-0.4, -0.2) is 54.4 Å². The van der Waals surface area contributed by atoms with Crippen LogP contribution in [0.4, 0.5) is 11.4 Å². The maximum Gasteiger partial charge on any atom is 0.269 e. The first-order valence-corrected chi connectivity index (χ1v) is 17.1. The molecule has 232 valence electrons. The molecule has 0 saturated carbocycles. The van der Waals surface area contributed by atoms with Crippen molar-refractivity contribution in [2.45, 2.75) is 21.9 Å². The van der Waals surface area contributed by atoms with Gasteiger partial charge in [0.15, 0.2) is 0 Å². The normalized spacial score (nSPS) is 18.2. The van der Waals surface area contributed by atoms with Gasteiger partial charge in [0, 0.05) is 41.8 Å². The molecule has 1 heterocycles. The molecule has 15 heteroatoms. The van der Waals surface area contributed by atoms with Gasteiger partial charge in [-0.15, -0.1) is 0 Å². The summed E-state index contributed by atoms with van der Waals surface area (Å²) in [5.41, 5.74) is 0.687. The lowest BCUT2D eigenvalue weighted by Gasteiger charge is -2.45. The number of nitro benzene ring substituents is 2. The van der Waals surface area contributed by atoms with E-state index in [4.69, 9.17) is 0 Å². The zero-order valence-corrected chi connectivity index (χ0v) is 26.5. The summed E-state index contributed by atoms with van der Waals surface area (Å²) in [5.74, 6) is 0. The average molecular weight is 714 g/mol. The Kier molecular flexibility index (Phi) is 9.27. The second-order valence-corrected chi connectivity index (χ2v) is 14.7. The Hall–Kier alpha value is -4.28. The van der Waals surface area contributed by atoms with Crippen molar-refractivity contribution < 1.29 is 26.7 Å². The first-order chi connectivity index (χ1) is 21.4. The average Bonchev–Trinajstić information content (AvgIpc) is 3.04. The highest BCUT2D eigenvalue weighted by atomic mass is 79.9. The molecular formula is C30H25BrN4O8S2. The highest BCUT2D eigenvalue weighted by Gasteiger charge is 2.46. The van der Waals surface area contributed by atoms with Crippen LogP contribution in [0.3, 0.4) is 0 Å². The Balaban J connectivity index is 1.67. The number of nitrogens with zero attached hydrogens (tertiary/aromatic N) is 4. The molecule has 12 nitrogen and oxygen atoms in total. The molecule has 1 fully saturated rings. The molecule has 0 amide bonds. The number of hydrogen-bond donors (Lipinski definition) is 0. The largest absolute Gasteiger partial charge is 0.269 e. The molecule has 0 N–H and O–H groups in total. The second kappa shape index (κ2) is 13.0. The van der Waals surface area contributed by atoms with E-state index in [1.807, 2.05) is 30.3 Å². The Bertz CT molecular complexity index is 1960.